The number of carbonyl (C=O) groups is 1. The third kappa shape index (κ3) is 4.96. The van der Waals surface area contributed by atoms with Gasteiger partial charge in [0.25, 0.3) is 5.91 Å². The largest absolute Gasteiger partial charge is 0.455 e. The van der Waals surface area contributed by atoms with Gasteiger partial charge < -0.3 is 19.1 Å². The molecule has 0 aliphatic carbocycles. The molecule has 4 aromatic carbocycles. The molecule has 7 aromatic rings. The number of oxazole rings is 1. The normalized spacial score (nSPS) is 11.2. The number of rotatable bonds is 7. The molecule has 44 heavy (non-hydrogen) atoms. The Kier molecular flexibility index (Phi) is 6.86. The molecular formula is C36H27FN4O3. The molecule has 3 aromatic heterocycles. The van der Waals surface area contributed by atoms with Crippen LogP contribution in [-0.2, 0) is 6.54 Å². The standard InChI is InChI=1S/C36H27FN4O3/c1-38-35(42)32-28-19-27(24-10-6-11-25(18-24)36-40-34-30(44-36)12-7-17-39-34)29(41(2)21-22-8-4-3-5-9-22)20-31(28)43-33(32)23-13-15-26(37)16-14-23/h3-20H,21H2,1-2H3,(H,38,42). The van der Waals surface area contributed by atoms with Crippen LogP contribution < -0.4 is 10.2 Å². The highest BCUT2D eigenvalue weighted by molar-refractivity contribution is 6.13. The van der Waals surface area contributed by atoms with E-state index in [1.54, 1.807) is 25.4 Å². The summed E-state index contributed by atoms with van der Waals surface area (Å²) in [6, 6.07) is 31.7. The van der Waals surface area contributed by atoms with Gasteiger partial charge in [-0.1, -0.05) is 42.5 Å². The van der Waals surface area contributed by atoms with Crippen molar-refractivity contribution < 1.29 is 18.0 Å². The molecule has 0 bridgehead atoms. The fraction of sp³-hybridized carbons (Fsp3) is 0.0833. The lowest BCUT2D eigenvalue weighted by molar-refractivity contribution is 0.0964. The van der Waals surface area contributed by atoms with Crippen LogP contribution in [0.4, 0.5) is 10.1 Å². The molecule has 0 spiro atoms. The van der Waals surface area contributed by atoms with E-state index in [1.165, 1.54) is 12.1 Å². The smallest absolute Gasteiger partial charge is 0.255 e. The predicted octanol–water partition coefficient (Wildman–Crippen LogP) is 8.11. The van der Waals surface area contributed by atoms with Crippen LogP contribution >= 0.6 is 0 Å². The van der Waals surface area contributed by atoms with Gasteiger partial charge in [-0.25, -0.2) is 9.37 Å². The number of fused-ring (bicyclic) bond motifs is 2. The highest BCUT2D eigenvalue weighted by atomic mass is 19.1. The summed E-state index contributed by atoms with van der Waals surface area (Å²) in [4.78, 5) is 24.3. The summed E-state index contributed by atoms with van der Waals surface area (Å²) < 4.78 is 26.2. The molecular weight excluding hydrogens is 555 g/mol. The molecule has 216 valence electrons. The molecule has 1 amide bonds. The van der Waals surface area contributed by atoms with E-state index in [1.807, 2.05) is 73.8 Å². The number of halogens is 1. The molecule has 7 rings (SSSR count). The molecule has 0 radical (unpaired) electrons. The average molecular weight is 583 g/mol. The van der Waals surface area contributed by atoms with Gasteiger partial charge in [0.1, 0.15) is 17.2 Å². The van der Waals surface area contributed by atoms with Gasteiger partial charge in [-0.3, -0.25) is 4.79 Å². The maximum absolute atomic E-state index is 13.8. The van der Waals surface area contributed by atoms with Gasteiger partial charge in [0.15, 0.2) is 11.2 Å². The van der Waals surface area contributed by atoms with Gasteiger partial charge in [-0.2, -0.15) is 4.98 Å². The van der Waals surface area contributed by atoms with Crippen LogP contribution in [0.25, 0.3) is 56.1 Å². The number of hydrogen-bond donors (Lipinski definition) is 1. The minimum Gasteiger partial charge on any atom is -0.455 e. The first-order chi connectivity index (χ1) is 21.5. The lowest BCUT2D eigenvalue weighted by Gasteiger charge is -2.23. The van der Waals surface area contributed by atoms with E-state index < -0.39 is 0 Å². The van der Waals surface area contributed by atoms with Crippen molar-refractivity contribution in [2.75, 3.05) is 19.0 Å². The molecule has 1 N–H and O–H groups in total. The topological polar surface area (TPSA) is 84.4 Å². The van der Waals surface area contributed by atoms with Crippen LogP contribution in [-0.4, -0.2) is 30.0 Å². The molecule has 0 aliphatic rings. The first kappa shape index (κ1) is 27.1. The van der Waals surface area contributed by atoms with Crippen LogP contribution in [0.5, 0.6) is 0 Å². The number of benzene rings is 4. The number of nitrogens with zero attached hydrogens (tertiary/aromatic N) is 3. The third-order valence-corrected chi connectivity index (χ3v) is 7.63. The van der Waals surface area contributed by atoms with E-state index in [0.717, 1.165) is 27.9 Å². The Balaban J connectivity index is 1.43. The second-order valence-corrected chi connectivity index (χ2v) is 10.5. The zero-order valence-electron chi connectivity index (χ0n) is 24.0. The lowest BCUT2D eigenvalue weighted by Crippen LogP contribution is -2.18. The van der Waals surface area contributed by atoms with Crippen molar-refractivity contribution in [1.29, 1.82) is 0 Å². The number of amides is 1. The Morgan fingerprint density at radius 1 is 0.841 bits per heavy atom. The van der Waals surface area contributed by atoms with E-state index in [2.05, 4.69) is 32.3 Å². The highest BCUT2D eigenvalue weighted by Crippen LogP contribution is 2.42. The molecule has 0 saturated carbocycles. The molecule has 3 heterocycles. The molecule has 0 atom stereocenters. The van der Waals surface area contributed by atoms with Crippen LogP contribution in [0.2, 0.25) is 0 Å². The second kappa shape index (κ2) is 11.1. The first-order valence-electron chi connectivity index (χ1n) is 14.1. The zero-order valence-corrected chi connectivity index (χ0v) is 24.0. The van der Waals surface area contributed by atoms with Gasteiger partial charge in [0.05, 0.1) is 5.56 Å². The molecule has 0 fully saturated rings. The van der Waals surface area contributed by atoms with Crippen molar-refractivity contribution in [3.63, 3.8) is 0 Å². The Bertz CT molecular complexity index is 2100. The number of furan rings is 1. The molecule has 0 saturated heterocycles. The number of hydrogen-bond acceptors (Lipinski definition) is 6. The highest BCUT2D eigenvalue weighted by Gasteiger charge is 2.24. The van der Waals surface area contributed by atoms with E-state index in [-0.39, 0.29) is 11.7 Å². The summed E-state index contributed by atoms with van der Waals surface area (Å²) in [7, 11) is 3.61. The van der Waals surface area contributed by atoms with Crippen molar-refractivity contribution in [2.24, 2.45) is 0 Å². The van der Waals surface area contributed by atoms with Gasteiger partial charge in [0.2, 0.25) is 5.89 Å². The van der Waals surface area contributed by atoms with Crippen molar-refractivity contribution in [3.8, 4) is 33.9 Å². The lowest BCUT2D eigenvalue weighted by atomic mass is 9.96. The summed E-state index contributed by atoms with van der Waals surface area (Å²) in [5.74, 6) is 0.176. The molecule has 8 heteroatoms. The summed E-state index contributed by atoms with van der Waals surface area (Å²) in [6.07, 6.45) is 1.68. The SMILES string of the molecule is CNC(=O)c1c(-c2ccc(F)cc2)oc2cc(N(C)Cc3ccccc3)c(-c3cccc(-c4nc5ncccc5o4)c3)cc12. The minimum atomic E-state index is -0.368. The zero-order chi connectivity index (χ0) is 30.2. The number of aromatic nitrogens is 2. The quantitative estimate of drug-likeness (QED) is 0.204. The summed E-state index contributed by atoms with van der Waals surface area (Å²) in [5.41, 5.74) is 7.32. The molecule has 0 aliphatic heterocycles. The van der Waals surface area contributed by atoms with Crippen molar-refractivity contribution in [2.45, 2.75) is 6.54 Å². The van der Waals surface area contributed by atoms with Crippen molar-refractivity contribution >= 4 is 33.8 Å². The third-order valence-electron chi connectivity index (χ3n) is 7.63. The van der Waals surface area contributed by atoms with E-state index in [9.17, 15) is 9.18 Å². The Labute approximate surface area is 252 Å². The van der Waals surface area contributed by atoms with Crippen molar-refractivity contribution in [1.82, 2.24) is 15.3 Å². The number of nitrogens with one attached hydrogen (secondary N) is 1. The maximum Gasteiger partial charge on any atom is 0.255 e. The monoisotopic (exact) mass is 582 g/mol. The summed E-state index contributed by atoms with van der Waals surface area (Å²) in [5, 5.41) is 3.39. The van der Waals surface area contributed by atoms with E-state index >= 15 is 0 Å². The Hall–Kier alpha value is -5.76. The minimum absolute atomic E-state index is 0.299. The average Bonchev–Trinajstić information content (AvgIpc) is 3.66. The van der Waals surface area contributed by atoms with Crippen LogP contribution in [0.15, 0.2) is 118 Å². The van der Waals surface area contributed by atoms with Gasteiger partial charge in [0, 0.05) is 60.7 Å². The van der Waals surface area contributed by atoms with E-state index in [4.69, 9.17) is 8.83 Å². The Morgan fingerprint density at radius 2 is 1.64 bits per heavy atom. The van der Waals surface area contributed by atoms with E-state index in [0.29, 0.717) is 51.5 Å². The second-order valence-electron chi connectivity index (χ2n) is 10.5. The van der Waals surface area contributed by atoms with Gasteiger partial charge in [-0.15, -0.1) is 0 Å². The molecule has 0 unspecified atom stereocenters. The first-order valence-corrected chi connectivity index (χ1v) is 14.1. The summed E-state index contributed by atoms with van der Waals surface area (Å²) >= 11 is 0. The van der Waals surface area contributed by atoms with Crippen LogP contribution in [0.3, 0.4) is 0 Å². The fourth-order valence-electron chi connectivity index (χ4n) is 5.49. The summed E-state index contributed by atoms with van der Waals surface area (Å²) in [6.45, 7) is 0.643. The predicted molar refractivity (Wildman–Crippen MR) is 170 cm³/mol. The number of anilines is 1. The number of carbonyl (C=O) groups excluding carboxylic acids is 1. The van der Waals surface area contributed by atoms with Crippen LogP contribution in [0.1, 0.15) is 15.9 Å². The Morgan fingerprint density at radius 3 is 2.41 bits per heavy atom. The van der Waals surface area contributed by atoms with Crippen LogP contribution in [0, 0.1) is 5.82 Å². The van der Waals surface area contributed by atoms with Gasteiger partial charge in [-0.05, 0) is 65.7 Å². The van der Waals surface area contributed by atoms with Crippen molar-refractivity contribution in [3.05, 3.63) is 126 Å². The maximum atomic E-state index is 13.8. The number of pyridine rings is 1. The molecule has 7 nitrogen and oxygen atoms in total. The fourth-order valence-corrected chi connectivity index (χ4v) is 5.49. The van der Waals surface area contributed by atoms with Gasteiger partial charge >= 0.3 is 0 Å².